The molecule has 0 amide bonds. The standard InChI is InChI=1S/C22H20N4O2S/c1-3-28-16-8-6-15(7-9-16)24-22-25-20-19(21(27)26-22)18(12-13-23-20)14-4-10-17(29-2)11-5-14/h4-13H,3H2,1-2H3,(H2,23,24,25,26,27). The first-order chi connectivity index (χ1) is 14.2. The fourth-order valence-corrected chi connectivity index (χ4v) is 3.48. The van der Waals surface area contributed by atoms with Crippen molar-refractivity contribution in [2.45, 2.75) is 11.8 Å². The molecule has 2 aromatic heterocycles. The molecule has 146 valence electrons. The first kappa shape index (κ1) is 19.0. The van der Waals surface area contributed by atoms with Crippen LogP contribution in [0.3, 0.4) is 0 Å². The fourth-order valence-electron chi connectivity index (χ4n) is 3.07. The van der Waals surface area contributed by atoms with Crippen LogP contribution < -0.4 is 15.6 Å². The number of aromatic nitrogens is 3. The van der Waals surface area contributed by atoms with Crippen molar-refractivity contribution in [1.82, 2.24) is 15.0 Å². The van der Waals surface area contributed by atoms with Crippen LogP contribution >= 0.6 is 11.8 Å². The Balaban J connectivity index is 1.69. The normalized spacial score (nSPS) is 10.8. The lowest BCUT2D eigenvalue weighted by atomic mass is 10.0. The molecule has 0 aliphatic rings. The molecule has 2 N–H and O–H groups in total. The lowest BCUT2D eigenvalue weighted by Crippen LogP contribution is -2.13. The van der Waals surface area contributed by atoms with Crippen molar-refractivity contribution in [1.29, 1.82) is 0 Å². The number of hydrogen-bond donors (Lipinski definition) is 2. The predicted octanol–water partition coefficient (Wildman–Crippen LogP) is 4.85. The Bertz CT molecular complexity index is 1190. The Morgan fingerprint density at radius 3 is 2.52 bits per heavy atom. The van der Waals surface area contributed by atoms with Crippen molar-refractivity contribution in [2.75, 3.05) is 18.2 Å². The molecule has 0 fully saturated rings. The Hall–Kier alpha value is -3.32. The van der Waals surface area contributed by atoms with Crippen LogP contribution in [0.4, 0.5) is 11.6 Å². The van der Waals surface area contributed by atoms with E-state index in [1.807, 2.05) is 67.8 Å². The Morgan fingerprint density at radius 2 is 1.83 bits per heavy atom. The highest BCUT2D eigenvalue weighted by atomic mass is 32.2. The highest BCUT2D eigenvalue weighted by Crippen LogP contribution is 2.27. The first-order valence-electron chi connectivity index (χ1n) is 9.21. The molecule has 4 aromatic rings. The van der Waals surface area contributed by atoms with E-state index < -0.39 is 0 Å². The molecule has 0 radical (unpaired) electrons. The van der Waals surface area contributed by atoms with Gasteiger partial charge in [0.15, 0.2) is 5.65 Å². The van der Waals surface area contributed by atoms with E-state index in [1.165, 1.54) is 4.90 Å². The molecule has 0 atom stereocenters. The molecule has 0 bridgehead atoms. The molecular weight excluding hydrogens is 384 g/mol. The van der Waals surface area contributed by atoms with Crippen molar-refractivity contribution >= 4 is 34.4 Å². The average molecular weight is 404 g/mol. The first-order valence-corrected chi connectivity index (χ1v) is 10.4. The molecular formula is C22H20N4O2S. The Kier molecular flexibility index (Phi) is 5.48. The van der Waals surface area contributed by atoms with E-state index in [0.29, 0.717) is 23.6 Å². The predicted molar refractivity (Wildman–Crippen MR) is 118 cm³/mol. The summed E-state index contributed by atoms with van der Waals surface area (Å²) in [5.74, 6) is 1.13. The molecule has 7 heteroatoms. The van der Waals surface area contributed by atoms with Gasteiger partial charge >= 0.3 is 0 Å². The van der Waals surface area contributed by atoms with Crippen molar-refractivity contribution in [3.63, 3.8) is 0 Å². The summed E-state index contributed by atoms with van der Waals surface area (Å²) in [6.07, 6.45) is 3.71. The number of benzene rings is 2. The van der Waals surface area contributed by atoms with E-state index in [4.69, 9.17) is 4.74 Å². The summed E-state index contributed by atoms with van der Waals surface area (Å²) < 4.78 is 5.45. The third-order valence-corrected chi connectivity index (χ3v) is 5.18. The Morgan fingerprint density at radius 1 is 1.07 bits per heavy atom. The number of nitrogens with one attached hydrogen (secondary N) is 2. The topological polar surface area (TPSA) is 79.9 Å². The minimum Gasteiger partial charge on any atom is -0.494 e. The van der Waals surface area contributed by atoms with Gasteiger partial charge in [0.25, 0.3) is 5.56 Å². The molecule has 0 aliphatic carbocycles. The summed E-state index contributed by atoms with van der Waals surface area (Å²) >= 11 is 1.68. The van der Waals surface area contributed by atoms with Gasteiger partial charge in [0.05, 0.1) is 12.0 Å². The molecule has 29 heavy (non-hydrogen) atoms. The molecule has 0 unspecified atom stereocenters. The largest absolute Gasteiger partial charge is 0.494 e. The number of nitrogens with zero attached hydrogens (tertiary/aromatic N) is 2. The molecule has 0 aliphatic heterocycles. The number of pyridine rings is 1. The molecule has 0 spiro atoms. The number of fused-ring (bicyclic) bond motifs is 1. The molecule has 4 rings (SSSR count). The van der Waals surface area contributed by atoms with Crippen molar-refractivity contribution < 1.29 is 4.74 Å². The highest BCUT2D eigenvalue weighted by Gasteiger charge is 2.12. The van der Waals surface area contributed by atoms with Crippen molar-refractivity contribution in [3.8, 4) is 16.9 Å². The summed E-state index contributed by atoms with van der Waals surface area (Å²) in [6.45, 7) is 2.55. The maximum atomic E-state index is 12.8. The number of hydrogen-bond acceptors (Lipinski definition) is 6. The second-order valence-corrected chi connectivity index (χ2v) is 7.16. The number of H-pyrrole nitrogens is 1. The van der Waals surface area contributed by atoms with E-state index in [1.54, 1.807) is 18.0 Å². The van der Waals surface area contributed by atoms with Crippen LogP contribution in [0.25, 0.3) is 22.2 Å². The zero-order valence-electron chi connectivity index (χ0n) is 16.1. The van der Waals surface area contributed by atoms with Gasteiger partial charge in [-0.1, -0.05) is 12.1 Å². The summed E-state index contributed by atoms with van der Waals surface area (Å²) in [5, 5.41) is 3.59. The minimum absolute atomic E-state index is 0.236. The van der Waals surface area contributed by atoms with Crippen LogP contribution in [-0.2, 0) is 0 Å². The van der Waals surface area contributed by atoms with Crippen molar-refractivity contribution in [3.05, 3.63) is 71.1 Å². The highest BCUT2D eigenvalue weighted by molar-refractivity contribution is 7.98. The SMILES string of the molecule is CCOc1ccc(Nc2nc3nccc(-c4ccc(SC)cc4)c3c(=O)[nH]2)cc1. The summed E-state index contributed by atoms with van der Waals surface area (Å²) in [6, 6.07) is 17.4. The Labute approximate surface area is 172 Å². The van der Waals surface area contributed by atoms with Crippen LogP contribution in [0.5, 0.6) is 5.75 Å². The third kappa shape index (κ3) is 4.09. The molecule has 2 aromatic carbocycles. The maximum absolute atomic E-state index is 12.8. The number of thioether (sulfide) groups is 1. The monoisotopic (exact) mass is 404 g/mol. The average Bonchev–Trinajstić information content (AvgIpc) is 2.75. The summed E-state index contributed by atoms with van der Waals surface area (Å²) in [5.41, 5.74) is 2.72. The second-order valence-electron chi connectivity index (χ2n) is 6.28. The fraction of sp³-hybridized carbons (Fsp3) is 0.136. The molecule has 0 saturated heterocycles. The lowest BCUT2D eigenvalue weighted by Gasteiger charge is -2.09. The van der Waals surface area contributed by atoms with Crippen LogP contribution in [0.2, 0.25) is 0 Å². The van der Waals surface area contributed by atoms with E-state index in [-0.39, 0.29) is 5.56 Å². The van der Waals surface area contributed by atoms with E-state index in [9.17, 15) is 4.79 Å². The summed E-state index contributed by atoms with van der Waals surface area (Å²) in [7, 11) is 0. The number of anilines is 2. The number of aromatic amines is 1. The zero-order chi connectivity index (χ0) is 20.2. The molecule has 0 saturated carbocycles. The van der Waals surface area contributed by atoms with Gasteiger partial charge < -0.3 is 10.1 Å². The van der Waals surface area contributed by atoms with Gasteiger partial charge in [0.2, 0.25) is 5.95 Å². The number of ether oxygens (including phenoxy) is 1. The van der Waals surface area contributed by atoms with Gasteiger partial charge in [0.1, 0.15) is 5.75 Å². The number of rotatable bonds is 6. The lowest BCUT2D eigenvalue weighted by molar-refractivity contribution is 0.340. The van der Waals surface area contributed by atoms with Gasteiger partial charge in [-0.3, -0.25) is 9.78 Å². The zero-order valence-corrected chi connectivity index (χ0v) is 16.9. The smallest absolute Gasteiger partial charge is 0.262 e. The van der Waals surface area contributed by atoms with Crippen molar-refractivity contribution in [2.24, 2.45) is 0 Å². The van der Waals surface area contributed by atoms with E-state index in [0.717, 1.165) is 22.6 Å². The maximum Gasteiger partial charge on any atom is 0.262 e. The van der Waals surface area contributed by atoms with Crippen LogP contribution in [0, 0.1) is 0 Å². The summed E-state index contributed by atoms with van der Waals surface area (Å²) in [4.78, 5) is 25.6. The van der Waals surface area contributed by atoms with E-state index >= 15 is 0 Å². The van der Waals surface area contributed by atoms with Crippen LogP contribution in [-0.4, -0.2) is 27.8 Å². The van der Waals surface area contributed by atoms with Gasteiger partial charge in [-0.05, 0) is 66.8 Å². The van der Waals surface area contributed by atoms with Gasteiger partial charge in [-0.25, -0.2) is 4.98 Å². The molecule has 6 nitrogen and oxygen atoms in total. The second kappa shape index (κ2) is 8.36. The van der Waals surface area contributed by atoms with Gasteiger partial charge in [-0.2, -0.15) is 4.98 Å². The minimum atomic E-state index is -0.236. The molecule has 2 heterocycles. The van der Waals surface area contributed by atoms with E-state index in [2.05, 4.69) is 20.3 Å². The quantitative estimate of drug-likeness (QED) is 0.447. The van der Waals surface area contributed by atoms with Crippen LogP contribution in [0.1, 0.15) is 6.92 Å². The van der Waals surface area contributed by atoms with Gasteiger partial charge in [-0.15, -0.1) is 11.8 Å². The third-order valence-electron chi connectivity index (χ3n) is 4.44. The van der Waals surface area contributed by atoms with Gasteiger partial charge in [0, 0.05) is 16.8 Å². The van der Waals surface area contributed by atoms with Crippen LogP contribution in [0.15, 0.2) is 70.5 Å².